The van der Waals surface area contributed by atoms with Gasteiger partial charge in [-0.05, 0) is 63.1 Å². The van der Waals surface area contributed by atoms with Crippen molar-refractivity contribution in [2.24, 2.45) is 0 Å². The molecular formula is C25H33N3O4. The molecule has 32 heavy (non-hydrogen) atoms. The number of piperazine rings is 1. The standard InChI is InChI=1S/C25H33N3O4/c1-5-31-22-11-10-20(16-23(22)32-6-2)25(30)26-17-24(29)28-14-12-27(13-15-28)21-9-7-8-18(3)19(21)4/h7-11,16H,5-6,12-15,17H2,1-4H3,(H,26,30). The lowest BCUT2D eigenvalue weighted by Gasteiger charge is -2.37. The van der Waals surface area contributed by atoms with Gasteiger partial charge in [0.2, 0.25) is 5.91 Å². The molecule has 7 nitrogen and oxygen atoms in total. The Hall–Kier alpha value is -3.22. The van der Waals surface area contributed by atoms with Gasteiger partial charge in [0.25, 0.3) is 5.91 Å². The first-order valence-corrected chi connectivity index (χ1v) is 11.2. The first-order valence-electron chi connectivity index (χ1n) is 11.2. The van der Waals surface area contributed by atoms with Crippen LogP contribution in [0.3, 0.4) is 0 Å². The van der Waals surface area contributed by atoms with Crippen molar-refractivity contribution in [2.75, 3.05) is 50.8 Å². The average molecular weight is 440 g/mol. The zero-order chi connectivity index (χ0) is 23.1. The molecule has 1 aliphatic rings. The fourth-order valence-corrected chi connectivity index (χ4v) is 3.84. The number of aryl methyl sites for hydroxylation is 1. The number of hydrogen-bond donors (Lipinski definition) is 1. The van der Waals surface area contributed by atoms with Crippen LogP contribution >= 0.6 is 0 Å². The highest BCUT2D eigenvalue weighted by molar-refractivity contribution is 5.97. The summed E-state index contributed by atoms with van der Waals surface area (Å²) in [4.78, 5) is 29.4. The highest BCUT2D eigenvalue weighted by Crippen LogP contribution is 2.28. The molecule has 1 heterocycles. The number of amides is 2. The average Bonchev–Trinajstić information content (AvgIpc) is 2.80. The van der Waals surface area contributed by atoms with Crippen molar-refractivity contribution >= 4 is 17.5 Å². The fraction of sp³-hybridized carbons (Fsp3) is 0.440. The Labute approximate surface area is 190 Å². The number of ether oxygens (including phenoxy) is 2. The highest BCUT2D eigenvalue weighted by atomic mass is 16.5. The molecule has 1 aliphatic heterocycles. The van der Waals surface area contributed by atoms with Crippen LogP contribution in [0, 0.1) is 13.8 Å². The summed E-state index contributed by atoms with van der Waals surface area (Å²) in [5.41, 5.74) is 4.21. The molecule has 1 saturated heterocycles. The molecule has 0 aliphatic carbocycles. The van der Waals surface area contributed by atoms with Crippen LogP contribution in [-0.4, -0.2) is 62.7 Å². The number of hydrogen-bond acceptors (Lipinski definition) is 5. The predicted molar refractivity (Wildman–Crippen MR) is 126 cm³/mol. The van der Waals surface area contributed by atoms with Gasteiger partial charge in [0.1, 0.15) is 0 Å². The van der Waals surface area contributed by atoms with E-state index in [0.717, 1.165) is 13.1 Å². The zero-order valence-corrected chi connectivity index (χ0v) is 19.4. The van der Waals surface area contributed by atoms with Crippen molar-refractivity contribution in [3.05, 3.63) is 53.1 Å². The van der Waals surface area contributed by atoms with Gasteiger partial charge in [-0.2, -0.15) is 0 Å². The molecular weight excluding hydrogens is 406 g/mol. The van der Waals surface area contributed by atoms with Gasteiger partial charge in [0.15, 0.2) is 11.5 Å². The minimum absolute atomic E-state index is 0.0283. The van der Waals surface area contributed by atoms with Gasteiger partial charge < -0.3 is 24.6 Å². The van der Waals surface area contributed by atoms with Crippen molar-refractivity contribution in [3.63, 3.8) is 0 Å². The lowest BCUT2D eigenvalue weighted by molar-refractivity contribution is -0.130. The molecule has 0 spiro atoms. The Balaban J connectivity index is 1.53. The summed E-state index contributed by atoms with van der Waals surface area (Å²) >= 11 is 0. The molecule has 0 unspecified atom stereocenters. The second kappa shape index (κ2) is 10.9. The second-order valence-electron chi connectivity index (χ2n) is 7.80. The number of nitrogens with one attached hydrogen (secondary N) is 1. The van der Waals surface area contributed by atoms with Gasteiger partial charge in [-0.15, -0.1) is 0 Å². The molecule has 0 aromatic heterocycles. The third-order valence-corrected chi connectivity index (χ3v) is 5.75. The zero-order valence-electron chi connectivity index (χ0n) is 19.4. The second-order valence-corrected chi connectivity index (χ2v) is 7.80. The summed E-state index contributed by atoms with van der Waals surface area (Å²) in [6.45, 7) is 11.8. The van der Waals surface area contributed by atoms with Gasteiger partial charge in [-0.1, -0.05) is 12.1 Å². The molecule has 2 amide bonds. The number of nitrogens with zero attached hydrogens (tertiary/aromatic N) is 2. The van der Waals surface area contributed by atoms with E-state index in [9.17, 15) is 9.59 Å². The largest absolute Gasteiger partial charge is 0.490 e. The summed E-state index contributed by atoms with van der Waals surface area (Å²) in [7, 11) is 0. The molecule has 0 saturated carbocycles. The third-order valence-electron chi connectivity index (χ3n) is 5.75. The van der Waals surface area contributed by atoms with Crippen LogP contribution in [0.2, 0.25) is 0 Å². The van der Waals surface area contributed by atoms with Gasteiger partial charge in [-0.3, -0.25) is 9.59 Å². The van der Waals surface area contributed by atoms with Gasteiger partial charge in [0.05, 0.1) is 19.8 Å². The molecule has 1 fully saturated rings. The van der Waals surface area contributed by atoms with Crippen LogP contribution in [-0.2, 0) is 4.79 Å². The molecule has 0 bridgehead atoms. The Morgan fingerprint density at radius 1 is 0.938 bits per heavy atom. The van der Waals surface area contributed by atoms with Crippen molar-refractivity contribution in [3.8, 4) is 11.5 Å². The van der Waals surface area contributed by atoms with E-state index in [4.69, 9.17) is 9.47 Å². The van der Waals surface area contributed by atoms with E-state index < -0.39 is 0 Å². The number of benzene rings is 2. The van der Waals surface area contributed by atoms with Crippen LogP contribution in [0.15, 0.2) is 36.4 Å². The van der Waals surface area contributed by atoms with Crippen LogP contribution in [0.25, 0.3) is 0 Å². The predicted octanol–water partition coefficient (Wildman–Crippen LogP) is 3.18. The van der Waals surface area contributed by atoms with E-state index >= 15 is 0 Å². The van der Waals surface area contributed by atoms with E-state index in [0.29, 0.717) is 43.4 Å². The first kappa shape index (κ1) is 23.4. The van der Waals surface area contributed by atoms with Crippen molar-refractivity contribution in [1.82, 2.24) is 10.2 Å². The molecule has 0 radical (unpaired) electrons. The quantitative estimate of drug-likeness (QED) is 0.684. The minimum atomic E-state index is -0.309. The molecule has 7 heteroatoms. The first-order chi connectivity index (χ1) is 15.4. The number of carbonyl (C=O) groups excluding carboxylic acids is 2. The SMILES string of the molecule is CCOc1ccc(C(=O)NCC(=O)N2CCN(c3cccc(C)c3C)CC2)cc1OCC. The lowest BCUT2D eigenvalue weighted by Crippen LogP contribution is -2.51. The third kappa shape index (κ3) is 5.52. The topological polar surface area (TPSA) is 71.1 Å². The Kier molecular flexibility index (Phi) is 7.98. The highest BCUT2D eigenvalue weighted by Gasteiger charge is 2.23. The Morgan fingerprint density at radius 3 is 2.31 bits per heavy atom. The maximum Gasteiger partial charge on any atom is 0.251 e. The van der Waals surface area contributed by atoms with Gasteiger partial charge >= 0.3 is 0 Å². The fourth-order valence-electron chi connectivity index (χ4n) is 3.84. The number of carbonyl (C=O) groups is 2. The summed E-state index contributed by atoms with van der Waals surface area (Å²) in [5, 5.41) is 2.74. The Morgan fingerprint density at radius 2 is 1.62 bits per heavy atom. The van der Waals surface area contributed by atoms with E-state index in [1.807, 2.05) is 18.7 Å². The van der Waals surface area contributed by atoms with Gasteiger partial charge in [-0.25, -0.2) is 0 Å². The van der Waals surface area contributed by atoms with Crippen LogP contribution in [0.5, 0.6) is 11.5 Å². The molecule has 3 rings (SSSR count). The molecule has 2 aromatic carbocycles. The Bertz CT molecular complexity index is 952. The molecule has 1 N–H and O–H groups in total. The summed E-state index contributed by atoms with van der Waals surface area (Å²) in [6, 6.07) is 11.4. The lowest BCUT2D eigenvalue weighted by atomic mass is 10.1. The summed E-state index contributed by atoms with van der Waals surface area (Å²) in [6.07, 6.45) is 0. The van der Waals surface area contributed by atoms with Gasteiger partial charge in [0, 0.05) is 37.4 Å². The number of anilines is 1. The van der Waals surface area contributed by atoms with E-state index in [1.54, 1.807) is 18.2 Å². The van der Waals surface area contributed by atoms with E-state index in [1.165, 1.54) is 16.8 Å². The maximum absolute atomic E-state index is 12.7. The minimum Gasteiger partial charge on any atom is -0.490 e. The molecule has 172 valence electrons. The van der Waals surface area contributed by atoms with Crippen LogP contribution in [0.1, 0.15) is 35.3 Å². The van der Waals surface area contributed by atoms with E-state index in [2.05, 4.69) is 42.3 Å². The summed E-state index contributed by atoms with van der Waals surface area (Å²) < 4.78 is 11.1. The maximum atomic E-state index is 12.7. The summed E-state index contributed by atoms with van der Waals surface area (Å²) in [5.74, 6) is 0.742. The number of rotatable bonds is 8. The van der Waals surface area contributed by atoms with Crippen LogP contribution in [0.4, 0.5) is 5.69 Å². The van der Waals surface area contributed by atoms with Crippen molar-refractivity contribution in [1.29, 1.82) is 0 Å². The van der Waals surface area contributed by atoms with Crippen LogP contribution < -0.4 is 19.7 Å². The van der Waals surface area contributed by atoms with Crippen molar-refractivity contribution in [2.45, 2.75) is 27.7 Å². The molecule has 2 aromatic rings. The smallest absolute Gasteiger partial charge is 0.251 e. The van der Waals surface area contributed by atoms with Crippen molar-refractivity contribution < 1.29 is 19.1 Å². The normalized spacial score (nSPS) is 13.6. The molecule has 0 atom stereocenters. The monoisotopic (exact) mass is 439 g/mol. The van der Waals surface area contributed by atoms with E-state index in [-0.39, 0.29) is 18.4 Å².